The van der Waals surface area contributed by atoms with Crippen LogP contribution in [0.3, 0.4) is 0 Å². The summed E-state index contributed by atoms with van der Waals surface area (Å²) in [5, 5.41) is 0.468. The van der Waals surface area contributed by atoms with Gasteiger partial charge in [0.05, 0.1) is 24.2 Å². The molecular formula is C19H24N4O3S2. The number of thioether (sulfide) groups is 1. The zero-order valence-corrected chi connectivity index (χ0v) is 17.8. The van der Waals surface area contributed by atoms with Crippen molar-refractivity contribution in [1.82, 2.24) is 15.8 Å². The number of benzene rings is 1. The molecule has 3 rings (SSSR count). The molecule has 2 aromatic rings. The van der Waals surface area contributed by atoms with E-state index in [-0.39, 0.29) is 17.1 Å². The van der Waals surface area contributed by atoms with Crippen molar-refractivity contribution < 1.29 is 14.3 Å². The second-order valence-corrected chi connectivity index (χ2v) is 8.92. The first kappa shape index (κ1) is 20.6. The van der Waals surface area contributed by atoms with Crippen LogP contribution in [0.25, 0.3) is 0 Å². The second-order valence-electron chi connectivity index (χ2n) is 6.53. The van der Waals surface area contributed by atoms with Crippen LogP contribution in [0.5, 0.6) is 0 Å². The first-order valence-corrected chi connectivity index (χ1v) is 10.8. The van der Waals surface area contributed by atoms with E-state index in [1.54, 1.807) is 13.8 Å². The van der Waals surface area contributed by atoms with Crippen molar-refractivity contribution in [2.45, 2.75) is 30.9 Å². The Balaban J connectivity index is 1.53. The molecule has 2 heterocycles. The topological polar surface area (TPSA) is 83.6 Å². The summed E-state index contributed by atoms with van der Waals surface area (Å²) >= 11 is 2.77. The van der Waals surface area contributed by atoms with E-state index < -0.39 is 0 Å². The standard InChI is InChI=1S/C19H24N4O3S2/c1-12-4-6-15(7-5-12)27-14(3)17(24)21-22-18(25)16-13(2)20-19(28-16)23-8-10-26-11-9-23/h4-7,14H,8-11H2,1-3H3,(H,21,24)(H,22,25). The summed E-state index contributed by atoms with van der Waals surface area (Å²) in [5.41, 5.74) is 6.85. The number of nitrogens with zero attached hydrogens (tertiary/aromatic N) is 2. The lowest BCUT2D eigenvalue weighted by Gasteiger charge is -2.25. The SMILES string of the molecule is Cc1ccc(SC(C)C(=O)NNC(=O)c2sc(N3CCOCC3)nc2C)cc1. The zero-order chi connectivity index (χ0) is 20.1. The van der Waals surface area contributed by atoms with Crippen LogP contribution >= 0.6 is 23.1 Å². The maximum absolute atomic E-state index is 12.5. The van der Waals surface area contributed by atoms with Crippen LogP contribution in [0.4, 0.5) is 5.13 Å². The number of aromatic nitrogens is 1. The quantitative estimate of drug-likeness (QED) is 0.571. The van der Waals surface area contributed by atoms with E-state index in [2.05, 4.69) is 20.7 Å². The molecule has 150 valence electrons. The van der Waals surface area contributed by atoms with Crippen LogP contribution in [0.15, 0.2) is 29.2 Å². The van der Waals surface area contributed by atoms with Gasteiger partial charge in [0.25, 0.3) is 11.8 Å². The normalized spacial score (nSPS) is 15.2. The van der Waals surface area contributed by atoms with E-state index in [4.69, 9.17) is 4.74 Å². The van der Waals surface area contributed by atoms with Crippen molar-refractivity contribution in [2.75, 3.05) is 31.2 Å². The van der Waals surface area contributed by atoms with E-state index >= 15 is 0 Å². The number of hydrogen-bond acceptors (Lipinski definition) is 7. The number of anilines is 1. The molecule has 28 heavy (non-hydrogen) atoms. The van der Waals surface area contributed by atoms with Gasteiger partial charge in [-0.25, -0.2) is 4.98 Å². The lowest BCUT2D eigenvalue weighted by molar-refractivity contribution is -0.121. The minimum absolute atomic E-state index is 0.255. The Hall–Kier alpha value is -2.10. The molecule has 0 aliphatic carbocycles. The van der Waals surface area contributed by atoms with Gasteiger partial charge >= 0.3 is 0 Å². The van der Waals surface area contributed by atoms with Gasteiger partial charge < -0.3 is 9.64 Å². The number of carbonyl (C=O) groups is 2. The number of hydrazine groups is 1. The highest BCUT2D eigenvalue weighted by Gasteiger charge is 2.21. The van der Waals surface area contributed by atoms with E-state index in [0.29, 0.717) is 23.8 Å². The highest BCUT2D eigenvalue weighted by Crippen LogP contribution is 2.27. The van der Waals surface area contributed by atoms with Crippen LogP contribution < -0.4 is 15.8 Å². The molecule has 1 aromatic heterocycles. The second kappa shape index (κ2) is 9.40. The molecule has 1 aliphatic heterocycles. The van der Waals surface area contributed by atoms with Gasteiger partial charge in [-0.3, -0.25) is 20.4 Å². The number of amides is 2. The van der Waals surface area contributed by atoms with Gasteiger partial charge in [-0.05, 0) is 32.9 Å². The summed E-state index contributed by atoms with van der Waals surface area (Å²) in [5.74, 6) is -0.607. The number of ether oxygens (including phenoxy) is 1. The van der Waals surface area contributed by atoms with E-state index in [0.717, 1.165) is 23.1 Å². The Morgan fingerprint density at radius 2 is 1.86 bits per heavy atom. The van der Waals surface area contributed by atoms with Gasteiger partial charge in [-0.2, -0.15) is 0 Å². The molecule has 7 nitrogen and oxygen atoms in total. The maximum atomic E-state index is 12.5. The average molecular weight is 421 g/mol. The predicted molar refractivity (Wildman–Crippen MR) is 112 cm³/mol. The number of aryl methyl sites for hydroxylation is 2. The average Bonchev–Trinajstić information content (AvgIpc) is 3.10. The van der Waals surface area contributed by atoms with Crippen molar-refractivity contribution >= 4 is 40.0 Å². The van der Waals surface area contributed by atoms with E-state index in [1.165, 1.54) is 28.7 Å². The highest BCUT2D eigenvalue weighted by atomic mass is 32.2. The summed E-state index contributed by atoms with van der Waals surface area (Å²) in [6.45, 7) is 8.47. The molecule has 0 saturated carbocycles. The van der Waals surface area contributed by atoms with Crippen molar-refractivity contribution in [3.63, 3.8) is 0 Å². The lowest BCUT2D eigenvalue weighted by Crippen LogP contribution is -2.44. The third-order valence-electron chi connectivity index (χ3n) is 4.28. The number of hydrogen-bond donors (Lipinski definition) is 2. The molecule has 1 fully saturated rings. The lowest BCUT2D eigenvalue weighted by atomic mass is 10.2. The Bertz CT molecular complexity index is 832. The number of thiazole rings is 1. The molecule has 1 aromatic carbocycles. The molecule has 1 saturated heterocycles. The van der Waals surface area contributed by atoms with E-state index in [9.17, 15) is 9.59 Å². The van der Waals surface area contributed by atoms with Gasteiger partial charge in [-0.15, -0.1) is 11.8 Å². The number of nitrogens with one attached hydrogen (secondary N) is 2. The van der Waals surface area contributed by atoms with Gasteiger partial charge in [0.2, 0.25) is 0 Å². The van der Waals surface area contributed by atoms with Crippen LogP contribution in [-0.2, 0) is 9.53 Å². The van der Waals surface area contributed by atoms with Gasteiger partial charge in [0, 0.05) is 18.0 Å². The Morgan fingerprint density at radius 1 is 1.18 bits per heavy atom. The summed E-state index contributed by atoms with van der Waals surface area (Å²) in [7, 11) is 0. The first-order chi connectivity index (χ1) is 13.4. The fourth-order valence-corrected chi connectivity index (χ4v) is 4.52. The van der Waals surface area contributed by atoms with Gasteiger partial charge in [0.1, 0.15) is 4.88 Å². The molecule has 1 atom stereocenters. The molecule has 2 amide bonds. The smallest absolute Gasteiger partial charge is 0.281 e. The third-order valence-corrected chi connectivity index (χ3v) is 6.60. The van der Waals surface area contributed by atoms with Crippen LogP contribution in [0.1, 0.15) is 27.9 Å². The maximum Gasteiger partial charge on any atom is 0.281 e. The molecule has 0 radical (unpaired) electrons. The summed E-state index contributed by atoms with van der Waals surface area (Å²) in [4.78, 5) is 32.9. The Kier molecular flexibility index (Phi) is 6.93. The van der Waals surface area contributed by atoms with Crippen molar-refractivity contribution in [3.8, 4) is 0 Å². The monoisotopic (exact) mass is 420 g/mol. The first-order valence-electron chi connectivity index (χ1n) is 9.07. The minimum Gasteiger partial charge on any atom is -0.378 e. The van der Waals surface area contributed by atoms with Crippen molar-refractivity contribution in [1.29, 1.82) is 0 Å². The Morgan fingerprint density at radius 3 is 2.54 bits per heavy atom. The van der Waals surface area contributed by atoms with Crippen molar-refractivity contribution in [3.05, 3.63) is 40.4 Å². The highest BCUT2D eigenvalue weighted by molar-refractivity contribution is 8.00. The minimum atomic E-state index is -0.351. The van der Waals surface area contributed by atoms with Crippen LogP contribution in [-0.4, -0.2) is 48.4 Å². The molecule has 1 unspecified atom stereocenters. The van der Waals surface area contributed by atoms with E-state index in [1.807, 2.05) is 31.2 Å². The van der Waals surface area contributed by atoms with Gasteiger partial charge in [0.15, 0.2) is 5.13 Å². The van der Waals surface area contributed by atoms with Crippen LogP contribution in [0.2, 0.25) is 0 Å². The molecule has 2 N–H and O–H groups in total. The molecule has 1 aliphatic rings. The fraction of sp³-hybridized carbons (Fsp3) is 0.421. The largest absolute Gasteiger partial charge is 0.378 e. The van der Waals surface area contributed by atoms with Gasteiger partial charge in [-0.1, -0.05) is 29.0 Å². The molecule has 0 spiro atoms. The predicted octanol–water partition coefficient (Wildman–Crippen LogP) is 2.54. The Labute approximate surface area is 172 Å². The number of carbonyl (C=O) groups excluding carboxylic acids is 2. The summed E-state index contributed by atoms with van der Waals surface area (Å²) in [6, 6.07) is 7.98. The number of rotatable bonds is 5. The summed E-state index contributed by atoms with van der Waals surface area (Å²) in [6.07, 6.45) is 0. The number of morpholine rings is 1. The zero-order valence-electron chi connectivity index (χ0n) is 16.2. The van der Waals surface area contributed by atoms with Crippen molar-refractivity contribution in [2.24, 2.45) is 0 Å². The summed E-state index contributed by atoms with van der Waals surface area (Å²) < 4.78 is 5.35. The molecular weight excluding hydrogens is 396 g/mol. The fourth-order valence-electron chi connectivity index (χ4n) is 2.63. The molecule has 0 bridgehead atoms. The van der Waals surface area contributed by atoms with Crippen LogP contribution in [0, 0.1) is 13.8 Å². The third kappa shape index (κ3) is 5.24. The molecule has 9 heteroatoms.